The molecule has 3 aromatic rings. The molecular weight excluding hydrogens is 385 g/mol. The standard InChI is InChI=1S/C26H25F3O/c1-3-5-7-17-8-10-18(11-9-17)20-13-14-21-22-15-12-19(6-4-2)24(27)25(22)30-26(28,29)23(21)16-20/h8-16H,3-7H2,1-2H3. The molecule has 0 unspecified atom stereocenters. The van der Waals surface area contributed by atoms with Crippen molar-refractivity contribution in [3.63, 3.8) is 0 Å². The van der Waals surface area contributed by atoms with E-state index >= 15 is 0 Å². The van der Waals surface area contributed by atoms with Crippen molar-refractivity contribution < 1.29 is 17.9 Å². The first-order valence-corrected chi connectivity index (χ1v) is 10.6. The van der Waals surface area contributed by atoms with Gasteiger partial charge in [0.25, 0.3) is 0 Å². The van der Waals surface area contributed by atoms with Gasteiger partial charge in [0.2, 0.25) is 0 Å². The molecule has 1 nitrogen and oxygen atoms in total. The van der Waals surface area contributed by atoms with Crippen molar-refractivity contribution in [2.24, 2.45) is 0 Å². The highest BCUT2D eigenvalue weighted by Gasteiger charge is 2.43. The summed E-state index contributed by atoms with van der Waals surface area (Å²) in [5.74, 6) is -1.04. The molecule has 0 fully saturated rings. The van der Waals surface area contributed by atoms with Crippen molar-refractivity contribution in [3.8, 4) is 28.0 Å². The second-order valence-electron chi connectivity index (χ2n) is 7.85. The van der Waals surface area contributed by atoms with Crippen LogP contribution >= 0.6 is 0 Å². The van der Waals surface area contributed by atoms with Crippen LogP contribution in [0.3, 0.4) is 0 Å². The molecule has 0 N–H and O–H groups in total. The highest BCUT2D eigenvalue weighted by molar-refractivity contribution is 5.80. The quantitative estimate of drug-likeness (QED) is 0.401. The summed E-state index contributed by atoms with van der Waals surface area (Å²) in [6, 6.07) is 16.2. The van der Waals surface area contributed by atoms with Crippen molar-refractivity contribution >= 4 is 0 Å². The van der Waals surface area contributed by atoms with E-state index in [-0.39, 0.29) is 11.3 Å². The third-order valence-corrected chi connectivity index (χ3v) is 5.66. The minimum atomic E-state index is -3.59. The predicted molar refractivity (Wildman–Crippen MR) is 114 cm³/mol. The van der Waals surface area contributed by atoms with Crippen molar-refractivity contribution in [3.05, 3.63) is 77.1 Å². The normalized spacial score (nSPS) is 14.0. The lowest BCUT2D eigenvalue weighted by Gasteiger charge is -2.29. The molecule has 0 saturated heterocycles. The number of alkyl halides is 2. The molecule has 1 heterocycles. The fourth-order valence-electron chi connectivity index (χ4n) is 4.00. The zero-order valence-corrected chi connectivity index (χ0v) is 17.3. The summed E-state index contributed by atoms with van der Waals surface area (Å²) in [6.07, 6.45) is 0.874. The van der Waals surface area contributed by atoms with E-state index in [2.05, 4.69) is 6.92 Å². The molecule has 4 rings (SSSR count). The van der Waals surface area contributed by atoms with E-state index in [0.717, 1.165) is 31.2 Å². The highest BCUT2D eigenvalue weighted by atomic mass is 19.3. The Morgan fingerprint density at radius 1 is 0.800 bits per heavy atom. The lowest BCUT2D eigenvalue weighted by molar-refractivity contribution is -0.188. The van der Waals surface area contributed by atoms with Crippen LogP contribution in [0.1, 0.15) is 49.8 Å². The fourth-order valence-corrected chi connectivity index (χ4v) is 4.00. The number of hydrogen-bond donors (Lipinski definition) is 0. The third-order valence-electron chi connectivity index (χ3n) is 5.66. The summed E-state index contributed by atoms with van der Waals surface area (Å²) in [5, 5.41) is 0. The zero-order chi connectivity index (χ0) is 21.3. The SMILES string of the molecule is CCCCc1ccc(-c2ccc3c(c2)C(F)(F)Oc2c-3ccc(CCC)c2F)cc1. The molecule has 0 atom stereocenters. The second-order valence-corrected chi connectivity index (χ2v) is 7.85. The average molecular weight is 410 g/mol. The van der Waals surface area contributed by atoms with E-state index in [0.29, 0.717) is 28.7 Å². The molecule has 1 aliphatic heterocycles. The predicted octanol–water partition coefficient (Wildman–Crippen LogP) is 7.90. The van der Waals surface area contributed by atoms with Crippen molar-refractivity contribution in [1.29, 1.82) is 0 Å². The maximum absolute atomic E-state index is 14.9. The van der Waals surface area contributed by atoms with Crippen LogP contribution in [0.25, 0.3) is 22.3 Å². The van der Waals surface area contributed by atoms with Crippen LogP contribution in [0.4, 0.5) is 13.2 Å². The maximum Gasteiger partial charge on any atom is 0.427 e. The fraction of sp³-hybridized carbons (Fsp3) is 0.308. The van der Waals surface area contributed by atoms with Gasteiger partial charge in [-0.15, -0.1) is 0 Å². The molecule has 4 heteroatoms. The average Bonchev–Trinajstić information content (AvgIpc) is 2.75. The van der Waals surface area contributed by atoms with Gasteiger partial charge in [0.1, 0.15) is 0 Å². The molecule has 30 heavy (non-hydrogen) atoms. The smallest absolute Gasteiger partial charge is 0.425 e. The summed E-state index contributed by atoms with van der Waals surface area (Å²) in [7, 11) is 0. The zero-order valence-electron chi connectivity index (χ0n) is 17.3. The Morgan fingerprint density at radius 3 is 2.20 bits per heavy atom. The van der Waals surface area contributed by atoms with E-state index in [4.69, 9.17) is 4.74 Å². The van der Waals surface area contributed by atoms with Gasteiger partial charge >= 0.3 is 6.11 Å². The van der Waals surface area contributed by atoms with Crippen LogP contribution in [-0.2, 0) is 19.0 Å². The Hall–Kier alpha value is -2.75. The van der Waals surface area contributed by atoms with E-state index in [9.17, 15) is 13.2 Å². The monoisotopic (exact) mass is 410 g/mol. The molecule has 0 aliphatic carbocycles. The Balaban J connectivity index is 1.74. The Labute approximate surface area is 175 Å². The number of fused-ring (bicyclic) bond motifs is 3. The molecular formula is C26H25F3O. The van der Waals surface area contributed by atoms with Crippen LogP contribution in [0.2, 0.25) is 0 Å². The molecule has 0 saturated carbocycles. The number of halogens is 3. The Kier molecular flexibility index (Phi) is 5.59. The molecule has 1 aliphatic rings. The minimum absolute atomic E-state index is 0.231. The van der Waals surface area contributed by atoms with Gasteiger partial charge in [-0.2, -0.15) is 8.78 Å². The summed E-state index contributed by atoms with van der Waals surface area (Å²) in [4.78, 5) is 0. The highest BCUT2D eigenvalue weighted by Crippen LogP contribution is 2.49. The lowest BCUT2D eigenvalue weighted by atomic mass is 9.90. The molecule has 0 amide bonds. The summed E-state index contributed by atoms with van der Waals surface area (Å²) < 4.78 is 49.5. The second kappa shape index (κ2) is 8.17. The van der Waals surface area contributed by atoms with Crippen molar-refractivity contribution in [2.75, 3.05) is 0 Å². The minimum Gasteiger partial charge on any atom is -0.425 e. The van der Waals surface area contributed by atoms with Crippen LogP contribution in [0, 0.1) is 5.82 Å². The lowest BCUT2D eigenvalue weighted by Crippen LogP contribution is -2.27. The van der Waals surface area contributed by atoms with Gasteiger partial charge in [-0.3, -0.25) is 0 Å². The summed E-state index contributed by atoms with van der Waals surface area (Å²) in [6.45, 7) is 4.07. The molecule has 156 valence electrons. The number of ether oxygens (including phenoxy) is 1. The van der Waals surface area contributed by atoms with Crippen LogP contribution in [0.15, 0.2) is 54.6 Å². The van der Waals surface area contributed by atoms with Gasteiger partial charge in [-0.1, -0.05) is 75.2 Å². The first-order valence-electron chi connectivity index (χ1n) is 10.6. The molecule has 0 spiro atoms. The molecule has 3 aromatic carbocycles. The van der Waals surface area contributed by atoms with Gasteiger partial charge in [0.05, 0.1) is 5.56 Å². The summed E-state index contributed by atoms with van der Waals surface area (Å²) in [5.41, 5.74) is 3.64. The van der Waals surface area contributed by atoms with E-state index < -0.39 is 11.9 Å². The van der Waals surface area contributed by atoms with Crippen molar-refractivity contribution in [2.45, 2.75) is 52.1 Å². The van der Waals surface area contributed by atoms with E-state index in [1.54, 1.807) is 18.2 Å². The molecule has 0 radical (unpaired) electrons. The maximum atomic E-state index is 14.9. The van der Waals surface area contributed by atoms with Gasteiger partial charge in [0, 0.05) is 5.56 Å². The summed E-state index contributed by atoms with van der Waals surface area (Å²) >= 11 is 0. The number of rotatable bonds is 6. The van der Waals surface area contributed by atoms with Gasteiger partial charge in [0.15, 0.2) is 11.6 Å². The van der Waals surface area contributed by atoms with Gasteiger partial charge in [-0.25, -0.2) is 4.39 Å². The molecule has 0 aromatic heterocycles. The third kappa shape index (κ3) is 3.71. The number of hydrogen-bond acceptors (Lipinski definition) is 1. The number of benzene rings is 3. The Bertz CT molecular complexity index is 1050. The van der Waals surface area contributed by atoms with E-state index in [1.165, 1.54) is 11.6 Å². The number of aryl methyl sites for hydroxylation is 2. The molecule has 0 bridgehead atoms. The van der Waals surface area contributed by atoms with Gasteiger partial charge in [-0.05, 0) is 53.1 Å². The largest absolute Gasteiger partial charge is 0.427 e. The van der Waals surface area contributed by atoms with Crippen molar-refractivity contribution in [1.82, 2.24) is 0 Å². The van der Waals surface area contributed by atoms with Crippen LogP contribution in [0.5, 0.6) is 5.75 Å². The topological polar surface area (TPSA) is 9.23 Å². The van der Waals surface area contributed by atoms with Crippen LogP contribution in [-0.4, -0.2) is 0 Å². The van der Waals surface area contributed by atoms with Gasteiger partial charge < -0.3 is 4.74 Å². The van der Waals surface area contributed by atoms with E-state index in [1.807, 2.05) is 37.3 Å². The first kappa shape index (κ1) is 20.5. The Morgan fingerprint density at radius 2 is 1.50 bits per heavy atom. The van der Waals surface area contributed by atoms with Crippen LogP contribution < -0.4 is 4.74 Å². The first-order chi connectivity index (χ1) is 14.4. The number of unbranched alkanes of at least 4 members (excludes halogenated alkanes) is 1.